The average Bonchev–Trinajstić information content (AvgIpc) is 3.24. The molecule has 0 aliphatic rings. The van der Waals surface area contributed by atoms with Gasteiger partial charge in [-0.05, 0) is 30.3 Å². The normalized spacial score (nSPS) is 11.8. The van der Waals surface area contributed by atoms with Crippen molar-refractivity contribution in [1.82, 2.24) is 14.5 Å². The van der Waals surface area contributed by atoms with Crippen LogP contribution in [-0.4, -0.2) is 14.5 Å². The van der Waals surface area contributed by atoms with Crippen LogP contribution in [0, 0.1) is 0 Å². The Hall–Kier alpha value is -3.59. The second kappa shape index (κ2) is 4.96. The van der Waals surface area contributed by atoms with Crippen LogP contribution in [0.1, 0.15) is 0 Å². The Morgan fingerprint density at radius 2 is 1.46 bits per heavy atom. The summed E-state index contributed by atoms with van der Waals surface area (Å²) < 4.78 is 2.25. The Labute approximate surface area is 149 Å². The molecule has 3 nitrogen and oxygen atoms in total. The third kappa shape index (κ3) is 1.69. The van der Waals surface area contributed by atoms with Gasteiger partial charge in [0.05, 0.1) is 16.6 Å². The van der Waals surface area contributed by atoms with Crippen LogP contribution in [0.3, 0.4) is 0 Å². The van der Waals surface area contributed by atoms with Gasteiger partial charge < -0.3 is 4.98 Å². The van der Waals surface area contributed by atoms with Gasteiger partial charge in [-0.15, -0.1) is 0 Å². The molecule has 3 heteroatoms. The van der Waals surface area contributed by atoms with Gasteiger partial charge in [0, 0.05) is 33.3 Å². The minimum atomic E-state index is 0.939. The van der Waals surface area contributed by atoms with E-state index in [9.17, 15) is 0 Å². The molecule has 0 unspecified atom stereocenters. The summed E-state index contributed by atoms with van der Waals surface area (Å²) in [7, 11) is 0. The first-order chi connectivity index (χ1) is 12.9. The monoisotopic (exact) mass is 333 g/mol. The van der Waals surface area contributed by atoms with Crippen molar-refractivity contribution >= 4 is 43.6 Å². The second-order valence-corrected chi connectivity index (χ2v) is 6.59. The Bertz CT molecular complexity index is 1420. The summed E-state index contributed by atoms with van der Waals surface area (Å²) in [5.41, 5.74) is 4.70. The number of nitrogens with one attached hydrogen (secondary N) is 1. The number of fused-ring (bicyclic) bond motifs is 7. The smallest absolute Gasteiger partial charge is 0.137 e. The van der Waals surface area contributed by atoms with Gasteiger partial charge in [0.1, 0.15) is 5.82 Å². The highest BCUT2D eigenvalue weighted by molar-refractivity contribution is 6.25. The van der Waals surface area contributed by atoms with Crippen LogP contribution < -0.4 is 0 Å². The SMILES string of the molecule is c1ccc(-n2c3ccccc3c3c4[nH]c5ccccc5c4ccc32)nc1. The van der Waals surface area contributed by atoms with Gasteiger partial charge in [-0.2, -0.15) is 0 Å². The molecule has 0 atom stereocenters. The Morgan fingerprint density at radius 3 is 2.35 bits per heavy atom. The lowest BCUT2D eigenvalue weighted by Crippen LogP contribution is -1.95. The fourth-order valence-electron chi connectivity index (χ4n) is 4.11. The first-order valence-corrected chi connectivity index (χ1v) is 8.76. The van der Waals surface area contributed by atoms with Crippen molar-refractivity contribution in [2.75, 3.05) is 0 Å². The van der Waals surface area contributed by atoms with Gasteiger partial charge in [-0.1, -0.05) is 48.5 Å². The van der Waals surface area contributed by atoms with Crippen LogP contribution in [0.5, 0.6) is 0 Å². The molecule has 6 rings (SSSR count). The van der Waals surface area contributed by atoms with Crippen molar-refractivity contribution in [2.45, 2.75) is 0 Å². The predicted molar refractivity (Wildman–Crippen MR) is 108 cm³/mol. The standard InChI is InChI=1S/C23H15N3/c1-3-9-18-15(7-1)16-12-13-20-22(23(16)25-18)17-8-2-4-10-19(17)26(20)21-11-5-6-14-24-21/h1-14,25H. The van der Waals surface area contributed by atoms with Gasteiger partial charge in [0.15, 0.2) is 0 Å². The molecule has 0 radical (unpaired) electrons. The maximum atomic E-state index is 4.60. The minimum absolute atomic E-state index is 0.939. The van der Waals surface area contributed by atoms with E-state index in [0.29, 0.717) is 0 Å². The number of benzene rings is 3. The lowest BCUT2D eigenvalue weighted by Gasteiger charge is -2.06. The fourth-order valence-corrected chi connectivity index (χ4v) is 4.11. The van der Waals surface area contributed by atoms with Crippen molar-refractivity contribution < 1.29 is 0 Å². The summed E-state index contributed by atoms with van der Waals surface area (Å²) in [6, 6.07) is 27.5. The van der Waals surface area contributed by atoms with Gasteiger partial charge in [-0.3, -0.25) is 4.57 Å². The van der Waals surface area contributed by atoms with Crippen molar-refractivity contribution in [3.05, 3.63) is 85.1 Å². The first-order valence-electron chi connectivity index (χ1n) is 8.76. The van der Waals surface area contributed by atoms with Gasteiger partial charge in [-0.25, -0.2) is 4.98 Å². The molecule has 0 aliphatic heterocycles. The van der Waals surface area contributed by atoms with Gasteiger partial charge >= 0.3 is 0 Å². The summed E-state index contributed by atoms with van der Waals surface area (Å²) in [5, 5.41) is 5.02. The van der Waals surface area contributed by atoms with Crippen LogP contribution in [-0.2, 0) is 0 Å². The number of nitrogens with zero attached hydrogens (tertiary/aromatic N) is 2. The quantitative estimate of drug-likeness (QED) is 0.404. The predicted octanol–water partition coefficient (Wildman–Crippen LogP) is 5.81. The van der Waals surface area contributed by atoms with E-state index in [1.54, 1.807) is 0 Å². The molecular weight excluding hydrogens is 318 g/mol. The third-order valence-electron chi connectivity index (χ3n) is 5.19. The number of aromatic nitrogens is 3. The molecule has 0 spiro atoms. The first kappa shape index (κ1) is 13.7. The lowest BCUT2D eigenvalue weighted by molar-refractivity contribution is 1.08. The number of rotatable bonds is 1. The van der Waals surface area contributed by atoms with E-state index in [4.69, 9.17) is 0 Å². The molecule has 0 saturated carbocycles. The number of hydrogen-bond donors (Lipinski definition) is 1. The van der Waals surface area contributed by atoms with Crippen LogP contribution in [0.15, 0.2) is 85.1 Å². The number of H-pyrrole nitrogens is 1. The van der Waals surface area contributed by atoms with E-state index in [-0.39, 0.29) is 0 Å². The molecule has 3 heterocycles. The maximum absolute atomic E-state index is 4.60. The molecule has 1 N–H and O–H groups in total. The van der Waals surface area contributed by atoms with Crippen molar-refractivity contribution in [2.24, 2.45) is 0 Å². The molecule has 0 saturated heterocycles. The van der Waals surface area contributed by atoms with Gasteiger partial charge in [0.25, 0.3) is 0 Å². The molecular formula is C23H15N3. The number of para-hydroxylation sites is 2. The van der Waals surface area contributed by atoms with E-state index < -0.39 is 0 Å². The zero-order chi connectivity index (χ0) is 17.1. The van der Waals surface area contributed by atoms with Crippen LogP contribution in [0.25, 0.3) is 49.4 Å². The van der Waals surface area contributed by atoms with E-state index in [1.165, 1.54) is 43.6 Å². The molecule has 3 aromatic heterocycles. The van der Waals surface area contributed by atoms with E-state index in [0.717, 1.165) is 5.82 Å². The zero-order valence-corrected chi connectivity index (χ0v) is 14.0. The average molecular weight is 333 g/mol. The highest BCUT2D eigenvalue weighted by Crippen LogP contribution is 2.38. The number of hydrogen-bond acceptors (Lipinski definition) is 1. The topological polar surface area (TPSA) is 33.6 Å². The van der Waals surface area contributed by atoms with Crippen LogP contribution >= 0.6 is 0 Å². The van der Waals surface area contributed by atoms with E-state index in [1.807, 2.05) is 18.3 Å². The lowest BCUT2D eigenvalue weighted by atomic mass is 10.1. The molecule has 26 heavy (non-hydrogen) atoms. The van der Waals surface area contributed by atoms with Gasteiger partial charge in [0.2, 0.25) is 0 Å². The molecule has 0 aliphatic carbocycles. The maximum Gasteiger partial charge on any atom is 0.137 e. The highest BCUT2D eigenvalue weighted by Gasteiger charge is 2.16. The highest BCUT2D eigenvalue weighted by atomic mass is 15.1. The Morgan fingerprint density at radius 1 is 0.654 bits per heavy atom. The number of aromatic amines is 1. The van der Waals surface area contributed by atoms with Crippen LogP contribution in [0.4, 0.5) is 0 Å². The van der Waals surface area contributed by atoms with E-state index in [2.05, 4.69) is 81.3 Å². The zero-order valence-electron chi connectivity index (χ0n) is 14.0. The minimum Gasteiger partial charge on any atom is -0.354 e. The second-order valence-electron chi connectivity index (χ2n) is 6.59. The third-order valence-corrected chi connectivity index (χ3v) is 5.19. The molecule has 0 amide bonds. The van der Waals surface area contributed by atoms with Crippen molar-refractivity contribution in [3.63, 3.8) is 0 Å². The Balaban J connectivity index is 1.89. The molecule has 0 fully saturated rings. The van der Waals surface area contributed by atoms with E-state index >= 15 is 0 Å². The van der Waals surface area contributed by atoms with Crippen molar-refractivity contribution in [3.8, 4) is 5.82 Å². The van der Waals surface area contributed by atoms with Crippen LogP contribution in [0.2, 0.25) is 0 Å². The summed E-state index contributed by atoms with van der Waals surface area (Å²) >= 11 is 0. The summed E-state index contributed by atoms with van der Waals surface area (Å²) in [4.78, 5) is 8.24. The molecule has 0 bridgehead atoms. The summed E-state index contributed by atoms with van der Waals surface area (Å²) in [5.74, 6) is 0.939. The molecule has 6 aromatic rings. The largest absolute Gasteiger partial charge is 0.354 e. The fraction of sp³-hybridized carbons (Fsp3) is 0. The summed E-state index contributed by atoms with van der Waals surface area (Å²) in [6.45, 7) is 0. The molecule has 122 valence electrons. The molecule has 3 aromatic carbocycles. The Kier molecular flexibility index (Phi) is 2.61. The van der Waals surface area contributed by atoms with Crippen molar-refractivity contribution in [1.29, 1.82) is 0 Å². The number of pyridine rings is 1. The summed E-state index contributed by atoms with van der Waals surface area (Å²) in [6.07, 6.45) is 1.84.